The Labute approximate surface area is 202 Å². The number of anilines is 4. The number of carbonyl (C=O) groups is 1. The molecule has 0 saturated heterocycles. The minimum atomic E-state index is -0.535. The summed E-state index contributed by atoms with van der Waals surface area (Å²) in [6.45, 7) is 8.20. The van der Waals surface area contributed by atoms with E-state index in [4.69, 9.17) is 4.74 Å². The maximum absolute atomic E-state index is 16.0. The van der Waals surface area contributed by atoms with Crippen LogP contribution in [0.1, 0.15) is 38.1 Å². The maximum atomic E-state index is 16.0. The van der Waals surface area contributed by atoms with Crippen molar-refractivity contribution in [3.05, 3.63) is 71.9 Å². The van der Waals surface area contributed by atoms with Gasteiger partial charge in [-0.2, -0.15) is 5.10 Å². The van der Waals surface area contributed by atoms with Crippen molar-refractivity contribution in [2.24, 2.45) is 0 Å². The number of aromatic amines is 1. The normalized spacial score (nSPS) is 14.9. The van der Waals surface area contributed by atoms with E-state index in [1.165, 1.54) is 6.07 Å². The molecule has 1 aliphatic heterocycles. The highest BCUT2D eigenvalue weighted by atomic mass is 19.1. The number of hydrogen-bond donors (Lipinski definition) is 1. The molecule has 0 saturated carbocycles. The molecular weight excluding hydrogens is 450 g/mol. The van der Waals surface area contributed by atoms with Crippen LogP contribution in [-0.2, 0) is 0 Å². The van der Waals surface area contributed by atoms with Gasteiger partial charge in [0, 0.05) is 34.9 Å². The van der Waals surface area contributed by atoms with E-state index in [0.717, 1.165) is 12.0 Å². The van der Waals surface area contributed by atoms with Gasteiger partial charge in [0.2, 0.25) is 0 Å². The summed E-state index contributed by atoms with van der Waals surface area (Å²) in [5.41, 5.74) is 2.75. The Morgan fingerprint density at radius 1 is 1.09 bits per heavy atom. The van der Waals surface area contributed by atoms with Crippen LogP contribution in [0.5, 0.6) is 5.75 Å². The van der Waals surface area contributed by atoms with Crippen molar-refractivity contribution in [1.82, 2.24) is 10.2 Å². The first kappa shape index (κ1) is 22.8. The maximum Gasteiger partial charge on any atom is 0.174 e. The van der Waals surface area contributed by atoms with Gasteiger partial charge in [-0.1, -0.05) is 0 Å². The van der Waals surface area contributed by atoms with Gasteiger partial charge < -0.3 is 14.5 Å². The molecule has 1 N–H and O–H groups in total. The van der Waals surface area contributed by atoms with Crippen LogP contribution in [0, 0.1) is 11.6 Å². The van der Waals surface area contributed by atoms with Gasteiger partial charge in [-0.25, -0.2) is 8.78 Å². The minimum Gasteiger partial charge on any atom is -0.488 e. The van der Waals surface area contributed by atoms with Gasteiger partial charge in [0.15, 0.2) is 17.4 Å². The van der Waals surface area contributed by atoms with Crippen molar-refractivity contribution in [3.8, 4) is 5.75 Å². The van der Waals surface area contributed by atoms with E-state index >= 15 is 4.39 Å². The zero-order chi connectivity index (χ0) is 24.9. The van der Waals surface area contributed by atoms with Crippen LogP contribution in [0.4, 0.5) is 31.5 Å². The predicted molar refractivity (Wildman–Crippen MR) is 133 cm³/mol. The monoisotopic (exact) mass is 476 g/mol. The number of benzene rings is 3. The van der Waals surface area contributed by atoms with Crippen molar-refractivity contribution in [3.63, 3.8) is 0 Å². The van der Waals surface area contributed by atoms with Gasteiger partial charge in [-0.3, -0.25) is 9.89 Å². The third-order valence-electron chi connectivity index (χ3n) is 6.17. The number of aldehydes is 1. The fourth-order valence-corrected chi connectivity index (χ4v) is 4.73. The number of fused-ring (bicyclic) bond motifs is 2. The third kappa shape index (κ3) is 3.88. The number of H-pyrrole nitrogens is 1. The van der Waals surface area contributed by atoms with Crippen molar-refractivity contribution < 1.29 is 18.3 Å². The largest absolute Gasteiger partial charge is 0.488 e. The highest BCUT2D eigenvalue weighted by molar-refractivity contribution is 5.96. The van der Waals surface area contributed by atoms with Crippen LogP contribution in [0.15, 0.2) is 54.7 Å². The number of ether oxygens (including phenoxy) is 1. The topological polar surface area (TPSA) is 61.5 Å². The summed E-state index contributed by atoms with van der Waals surface area (Å²) in [4.78, 5) is 15.1. The molecule has 8 heteroatoms. The van der Waals surface area contributed by atoms with Crippen LogP contribution < -0.4 is 14.5 Å². The van der Waals surface area contributed by atoms with E-state index in [1.54, 1.807) is 30.5 Å². The first-order valence-corrected chi connectivity index (χ1v) is 11.4. The van der Waals surface area contributed by atoms with Crippen LogP contribution in [0.3, 0.4) is 0 Å². The fourth-order valence-electron chi connectivity index (χ4n) is 4.73. The van der Waals surface area contributed by atoms with Crippen molar-refractivity contribution in [2.45, 2.75) is 39.3 Å². The molecule has 0 aliphatic carbocycles. The van der Waals surface area contributed by atoms with Gasteiger partial charge in [0.05, 0.1) is 23.5 Å². The molecule has 0 unspecified atom stereocenters. The SMILES string of the molecule is CC(C)Oc1cc(N2c3cc4cn[nH]c4c(F)c3N(c3ccc(C=O)cc3)CC2(C)C)ccc1F. The number of nitrogens with zero attached hydrogens (tertiary/aromatic N) is 3. The molecule has 0 radical (unpaired) electrons. The number of hydrogen-bond acceptors (Lipinski definition) is 5. The van der Waals surface area contributed by atoms with Crippen molar-refractivity contribution in [2.75, 3.05) is 16.3 Å². The molecule has 0 fully saturated rings. The predicted octanol–water partition coefficient (Wildman–Crippen LogP) is 6.51. The molecule has 35 heavy (non-hydrogen) atoms. The molecule has 0 amide bonds. The standard InChI is InChI=1S/C27H26F2N4O2/c1-16(2)35-23-12-20(9-10-21(23)28)33-22-11-18-13-30-31-25(18)24(29)26(22)32(15-27(33,3)4)19-7-5-17(14-34)6-8-19/h5-14,16H,15H2,1-4H3,(H,30,31). The first-order valence-electron chi connectivity index (χ1n) is 11.4. The number of aromatic nitrogens is 2. The molecule has 1 aromatic heterocycles. The van der Waals surface area contributed by atoms with Gasteiger partial charge in [0.1, 0.15) is 17.5 Å². The van der Waals surface area contributed by atoms with E-state index in [0.29, 0.717) is 40.1 Å². The van der Waals surface area contributed by atoms with Crippen LogP contribution in [-0.4, -0.2) is 34.7 Å². The summed E-state index contributed by atoms with van der Waals surface area (Å²) in [5, 5.41) is 7.42. The molecule has 0 bridgehead atoms. The first-order chi connectivity index (χ1) is 16.7. The highest BCUT2D eigenvalue weighted by Gasteiger charge is 2.41. The molecule has 0 atom stereocenters. The van der Waals surface area contributed by atoms with E-state index in [1.807, 2.05) is 55.7 Å². The van der Waals surface area contributed by atoms with Gasteiger partial charge in [-0.05, 0) is 70.2 Å². The second kappa shape index (κ2) is 8.37. The summed E-state index contributed by atoms with van der Waals surface area (Å²) in [6, 6.07) is 13.6. The Morgan fingerprint density at radius 2 is 1.80 bits per heavy atom. The van der Waals surface area contributed by atoms with Gasteiger partial charge in [0.25, 0.3) is 0 Å². The minimum absolute atomic E-state index is 0.145. The summed E-state index contributed by atoms with van der Waals surface area (Å²) in [6.07, 6.45) is 2.16. The van der Waals surface area contributed by atoms with Crippen LogP contribution in [0.25, 0.3) is 10.9 Å². The van der Waals surface area contributed by atoms with E-state index < -0.39 is 17.2 Å². The zero-order valence-electron chi connectivity index (χ0n) is 20.0. The summed E-state index contributed by atoms with van der Waals surface area (Å²) in [5.74, 6) is -0.742. The number of rotatable bonds is 5. The molecule has 5 rings (SSSR count). The highest BCUT2D eigenvalue weighted by Crippen LogP contribution is 2.50. The van der Waals surface area contributed by atoms with Gasteiger partial charge >= 0.3 is 0 Å². The molecule has 1 aliphatic rings. The van der Waals surface area contributed by atoms with E-state index in [9.17, 15) is 9.18 Å². The van der Waals surface area contributed by atoms with Gasteiger partial charge in [-0.15, -0.1) is 0 Å². The lowest BCUT2D eigenvalue weighted by Crippen LogP contribution is -2.53. The number of nitrogens with one attached hydrogen (secondary N) is 1. The quantitative estimate of drug-likeness (QED) is 0.333. The smallest absolute Gasteiger partial charge is 0.174 e. The average Bonchev–Trinajstić information content (AvgIpc) is 3.29. The fraction of sp³-hybridized carbons (Fsp3) is 0.259. The number of halogens is 2. The summed E-state index contributed by atoms with van der Waals surface area (Å²) >= 11 is 0. The summed E-state index contributed by atoms with van der Waals surface area (Å²) < 4.78 is 36.3. The molecule has 4 aromatic rings. The molecule has 3 aromatic carbocycles. The molecule has 0 spiro atoms. The summed E-state index contributed by atoms with van der Waals surface area (Å²) in [7, 11) is 0. The van der Waals surface area contributed by atoms with E-state index in [-0.39, 0.29) is 11.9 Å². The third-order valence-corrected chi connectivity index (χ3v) is 6.17. The second-order valence-corrected chi connectivity index (χ2v) is 9.62. The van der Waals surface area contributed by atoms with E-state index in [2.05, 4.69) is 10.2 Å². The van der Waals surface area contributed by atoms with Crippen molar-refractivity contribution in [1.29, 1.82) is 0 Å². The molecule has 6 nitrogen and oxygen atoms in total. The lowest BCUT2D eigenvalue weighted by atomic mass is 9.93. The average molecular weight is 477 g/mol. The Balaban J connectivity index is 1.74. The lowest BCUT2D eigenvalue weighted by Gasteiger charge is -2.50. The Kier molecular flexibility index (Phi) is 5.46. The Morgan fingerprint density at radius 3 is 2.49 bits per heavy atom. The van der Waals surface area contributed by atoms with Crippen LogP contribution >= 0.6 is 0 Å². The van der Waals surface area contributed by atoms with Crippen molar-refractivity contribution >= 4 is 39.9 Å². The lowest BCUT2D eigenvalue weighted by molar-refractivity contribution is 0.112. The second-order valence-electron chi connectivity index (χ2n) is 9.62. The van der Waals surface area contributed by atoms with Crippen LogP contribution in [0.2, 0.25) is 0 Å². The molecule has 2 heterocycles. The number of carbonyl (C=O) groups excluding carboxylic acids is 1. The Hall–Kier alpha value is -3.94. The molecular formula is C27H26F2N4O2. The Bertz CT molecular complexity index is 1410. The molecule has 180 valence electrons. The zero-order valence-corrected chi connectivity index (χ0v) is 20.0.